The van der Waals surface area contributed by atoms with Crippen LogP contribution >= 0.6 is 0 Å². The van der Waals surface area contributed by atoms with Crippen LogP contribution in [-0.2, 0) is 48.0 Å². The molecule has 1 atom stereocenters. The molecule has 14 amide bonds. The van der Waals surface area contributed by atoms with E-state index in [2.05, 4.69) is 37.5 Å². The van der Waals surface area contributed by atoms with Crippen molar-refractivity contribution in [2.24, 2.45) is 16.2 Å². The Morgan fingerprint density at radius 3 is 1.32 bits per heavy atom. The third-order valence-electron chi connectivity index (χ3n) is 10.6. The summed E-state index contributed by atoms with van der Waals surface area (Å²) in [4.78, 5) is 152. The molecule has 0 bridgehead atoms. The SMILES string of the molecule is C=C1N(C)C(=O)C(/C(C)=N/OC)C(=O)N1C.CCC1(C(=O)NC)C(=O)N(C)C(=O)N1O.CCC1(NO)C(=O)N(C)C(=O)N(C)C1=O.CO/N=C(\C)C1(NO)C(=O)N(C)C(=O)N(C)C1=O.N=O. The van der Waals surface area contributed by atoms with Gasteiger partial charge in [-0.15, -0.1) is 0 Å². The van der Waals surface area contributed by atoms with E-state index in [0.29, 0.717) is 21.3 Å². The molecule has 31 nitrogen and oxygen atoms in total. The predicted molar refractivity (Wildman–Crippen MR) is 221 cm³/mol. The molecule has 4 fully saturated rings. The standard InChI is InChI=1S/C10H15N3O3.C9H14N4O5.2C8H13N3O4.HNO/c1-6(11-16-5)8-9(14)12(3)7(2)13(4)10(8)15;1-5(10-18-4)9(11-17)6(14)12(2)8(16)13(3)7(9)15;1-4-8(9-15)5(12)10(2)7(14)11(3)6(8)13;1-4-8(5(12)9-2)6(13)10(3)7(14)11(8)15;1-2/h8H,2H2,1,3-5H3;11,17H,1-4H3;9,15H,4H2,1-3H3;15H,4H2,1-3H3,(H,9,12);1H/b11-6+;10-5+;;;. The molecule has 4 aliphatic rings. The smallest absolute Gasteiger partial charge is 0.351 e. The van der Waals surface area contributed by atoms with E-state index in [0.717, 1.165) is 14.7 Å². The molecular formula is C35H56N14O17. The number of likely N-dealkylation sites (N-methyl/N-ethyl adjacent to an activating group) is 6. The lowest BCUT2D eigenvalue weighted by Gasteiger charge is -2.39. The Kier molecular flexibility index (Phi) is 20.9. The van der Waals surface area contributed by atoms with Gasteiger partial charge in [-0.1, -0.05) is 36.3 Å². The zero-order valence-electron chi connectivity index (χ0n) is 38.7. The van der Waals surface area contributed by atoms with E-state index >= 15 is 0 Å². The molecule has 0 aromatic rings. The Hall–Kier alpha value is -7.35. The van der Waals surface area contributed by atoms with Crippen molar-refractivity contribution >= 4 is 76.8 Å². The highest BCUT2D eigenvalue weighted by Crippen LogP contribution is 2.29. The van der Waals surface area contributed by atoms with Gasteiger partial charge in [0.25, 0.3) is 35.4 Å². The first-order valence-corrected chi connectivity index (χ1v) is 18.8. The van der Waals surface area contributed by atoms with Crippen LogP contribution < -0.4 is 16.3 Å². The van der Waals surface area contributed by atoms with Gasteiger partial charge in [-0.2, -0.15) is 20.9 Å². The van der Waals surface area contributed by atoms with Crippen molar-refractivity contribution in [3.63, 3.8) is 0 Å². The first-order chi connectivity index (χ1) is 30.6. The second kappa shape index (κ2) is 23.5. The summed E-state index contributed by atoms with van der Waals surface area (Å²) in [5.41, 5.74) is 2.37. The minimum atomic E-state index is -2.15. The van der Waals surface area contributed by atoms with E-state index in [1.165, 1.54) is 73.2 Å². The van der Waals surface area contributed by atoms with Gasteiger partial charge in [0.15, 0.2) is 5.92 Å². The van der Waals surface area contributed by atoms with Crippen LogP contribution in [0.5, 0.6) is 0 Å². The number of urea groups is 3. The lowest BCUT2D eigenvalue weighted by Crippen LogP contribution is -2.75. The first kappa shape index (κ1) is 58.6. The normalized spacial score (nSPS) is 21.1. The lowest BCUT2D eigenvalue weighted by molar-refractivity contribution is -0.162. The fourth-order valence-corrected chi connectivity index (χ4v) is 6.37. The van der Waals surface area contributed by atoms with Gasteiger partial charge in [0.1, 0.15) is 20.0 Å². The zero-order valence-corrected chi connectivity index (χ0v) is 38.7. The summed E-state index contributed by atoms with van der Waals surface area (Å²) >= 11 is 0. The van der Waals surface area contributed by atoms with Crippen molar-refractivity contribution < 1.29 is 78.0 Å². The topological polar surface area (TPSA) is 395 Å². The largest absolute Gasteiger partial charge is 0.399 e. The lowest BCUT2D eigenvalue weighted by atomic mass is 9.90. The van der Waals surface area contributed by atoms with E-state index in [4.69, 9.17) is 10.1 Å². The second-order valence-corrected chi connectivity index (χ2v) is 13.9. The third-order valence-corrected chi connectivity index (χ3v) is 10.6. The van der Waals surface area contributed by atoms with Crippen molar-refractivity contribution in [2.75, 3.05) is 70.6 Å². The van der Waals surface area contributed by atoms with E-state index in [1.807, 2.05) is 0 Å². The van der Waals surface area contributed by atoms with Gasteiger partial charge in [0, 0.05) is 56.4 Å². The molecule has 0 spiro atoms. The number of barbiturate groups is 2. The molecule has 0 aliphatic carbocycles. The number of nitroso groups, excluding NO2 is 1. The molecule has 0 aromatic heterocycles. The maximum atomic E-state index is 12.1. The van der Waals surface area contributed by atoms with Crippen LogP contribution in [0.2, 0.25) is 0 Å². The minimum absolute atomic E-state index is 0.0120. The Morgan fingerprint density at radius 2 is 1.03 bits per heavy atom. The Labute approximate surface area is 377 Å². The predicted octanol–water partition coefficient (Wildman–Crippen LogP) is -2.54. The molecule has 4 saturated heterocycles. The molecule has 0 aromatic carbocycles. The highest BCUT2D eigenvalue weighted by atomic mass is 16.6. The zero-order chi connectivity index (χ0) is 52.1. The maximum absolute atomic E-state index is 12.1. The molecule has 66 heavy (non-hydrogen) atoms. The first-order valence-electron chi connectivity index (χ1n) is 18.8. The monoisotopic (exact) mass is 944 g/mol. The number of hydrogen-bond donors (Lipinski definition) is 7. The van der Waals surface area contributed by atoms with Gasteiger partial charge in [0.05, 0.1) is 11.4 Å². The molecule has 4 rings (SSSR count). The summed E-state index contributed by atoms with van der Waals surface area (Å²) in [5, 5.41) is 37.2. The van der Waals surface area contributed by atoms with Crippen LogP contribution in [0.25, 0.3) is 0 Å². The number of carbonyl (C=O) groups excluding carboxylic acids is 11. The van der Waals surface area contributed by atoms with Gasteiger partial charge in [0.2, 0.25) is 28.4 Å². The average molecular weight is 945 g/mol. The fourth-order valence-electron chi connectivity index (χ4n) is 6.37. The number of nitrogens with zero attached hydrogens (tertiary/aromatic N) is 10. The summed E-state index contributed by atoms with van der Waals surface area (Å²) in [5.74, 6) is -6.03. The number of amides is 14. The Balaban J connectivity index is 0.000000844. The highest BCUT2D eigenvalue weighted by molar-refractivity contribution is 6.35. The molecule has 4 aliphatic heterocycles. The second-order valence-electron chi connectivity index (χ2n) is 13.9. The molecule has 31 heteroatoms. The van der Waals surface area contributed by atoms with E-state index in [1.54, 1.807) is 45.8 Å². The fraction of sp³-hybridized carbons (Fsp3) is 0.571. The van der Waals surface area contributed by atoms with Crippen molar-refractivity contribution in [1.82, 2.24) is 55.6 Å². The highest BCUT2D eigenvalue weighted by Gasteiger charge is 2.61. The summed E-state index contributed by atoms with van der Waals surface area (Å²) < 4.78 is 0. The van der Waals surface area contributed by atoms with Gasteiger partial charge in [-0.3, -0.25) is 68.1 Å². The van der Waals surface area contributed by atoms with Crippen molar-refractivity contribution in [3.8, 4) is 0 Å². The Bertz CT molecular complexity index is 1970. The third kappa shape index (κ3) is 9.97. The van der Waals surface area contributed by atoms with Gasteiger partial charge in [-0.25, -0.2) is 14.4 Å². The van der Waals surface area contributed by atoms with Crippen LogP contribution in [0, 0.1) is 16.4 Å². The summed E-state index contributed by atoms with van der Waals surface area (Å²) in [6.45, 7) is 9.67. The van der Waals surface area contributed by atoms with Gasteiger partial charge < -0.3 is 35.2 Å². The summed E-state index contributed by atoms with van der Waals surface area (Å²) in [7, 11) is 13.2. The minimum Gasteiger partial charge on any atom is -0.399 e. The molecule has 0 saturated carbocycles. The van der Waals surface area contributed by atoms with Crippen molar-refractivity contribution in [1.29, 1.82) is 5.59 Å². The summed E-state index contributed by atoms with van der Waals surface area (Å²) in [6.07, 6.45) is 0.0706. The van der Waals surface area contributed by atoms with Gasteiger partial charge >= 0.3 is 18.1 Å². The number of carbonyl (C=O) groups is 11. The Morgan fingerprint density at radius 1 is 0.652 bits per heavy atom. The molecule has 4 heterocycles. The number of rotatable bonds is 9. The number of hydroxylamine groups is 4. The van der Waals surface area contributed by atoms with E-state index in [9.17, 15) is 63.2 Å². The van der Waals surface area contributed by atoms with Crippen LogP contribution in [-0.4, -0.2) is 219 Å². The molecule has 0 radical (unpaired) electrons. The molecule has 1 unspecified atom stereocenters. The number of oxime groups is 2. The quantitative estimate of drug-likeness (QED) is 0.0313. The van der Waals surface area contributed by atoms with E-state index < -0.39 is 76.1 Å². The van der Waals surface area contributed by atoms with Crippen LogP contribution in [0.1, 0.15) is 40.5 Å². The van der Waals surface area contributed by atoms with Crippen LogP contribution in [0.15, 0.2) is 22.7 Å². The van der Waals surface area contributed by atoms with Crippen molar-refractivity contribution in [3.05, 3.63) is 17.3 Å². The van der Waals surface area contributed by atoms with Gasteiger partial charge in [-0.05, 0) is 26.7 Å². The van der Waals surface area contributed by atoms with Crippen LogP contribution in [0.4, 0.5) is 14.4 Å². The average Bonchev–Trinajstić information content (AvgIpc) is 3.48. The number of hydrogen-bond acceptors (Lipinski definition) is 22. The summed E-state index contributed by atoms with van der Waals surface area (Å²) in [6, 6.07) is -2.39. The molecule has 7 N–H and O–H groups in total. The van der Waals surface area contributed by atoms with Crippen LogP contribution in [0.3, 0.4) is 0 Å². The molecular weight excluding hydrogens is 888 g/mol. The molecule has 368 valence electrons. The number of nitrogens with one attached hydrogen (secondary N) is 4. The maximum Gasteiger partial charge on any atom is 0.351 e. The van der Waals surface area contributed by atoms with Crippen molar-refractivity contribution in [2.45, 2.75) is 57.2 Å². The number of imide groups is 5. The van der Waals surface area contributed by atoms with E-state index in [-0.39, 0.29) is 35.4 Å².